The molecule has 0 saturated carbocycles. The van der Waals surface area contributed by atoms with Crippen LogP contribution in [-0.2, 0) is 11.3 Å². The molecular formula is C19H16ClN5O3. The van der Waals surface area contributed by atoms with Crippen LogP contribution in [0.5, 0.6) is 5.75 Å². The Morgan fingerprint density at radius 2 is 2.11 bits per heavy atom. The van der Waals surface area contributed by atoms with E-state index >= 15 is 0 Å². The molecule has 0 saturated heterocycles. The van der Waals surface area contributed by atoms with Gasteiger partial charge in [0.2, 0.25) is 0 Å². The number of nitrogens with one attached hydrogen (secondary N) is 3. The van der Waals surface area contributed by atoms with Gasteiger partial charge in [-0.2, -0.15) is 5.10 Å². The number of anilines is 1. The molecule has 1 amide bonds. The van der Waals surface area contributed by atoms with E-state index in [-0.39, 0.29) is 6.61 Å². The second-order valence-electron chi connectivity index (χ2n) is 5.97. The summed E-state index contributed by atoms with van der Waals surface area (Å²) in [5.41, 5.74) is 4.04. The number of hydrogen-bond acceptors (Lipinski definition) is 5. The van der Waals surface area contributed by atoms with Gasteiger partial charge in [0.05, 0.1) is 30.2 Å². The number of nitrogens with zero attached hydrogens (tertiary/aromatic N) is 2. The molecule has 28 heavy (non-hydrogen) atoms. The van der Waals surface area contributed by atoms with Crippen LogP contribution in [-0.4, -0.2) is 33.4 Å². The number of carbonyl (C=O) groups excluding carboxylic acids is 1. The molecule has 8 nitrogen and oxygen atoms in total. The topological polar surface area (TPSA) is 105 Å². The first-order valence-corrected chi connectivity index (χ1v) is 8.75. The van der Waals surface area contributed by atoms with Crippen molar-refractivity contribution >= 4 is 34.5 Å². The van der Waals surface area contributed by atoms with Gasteiger partial charge in [0.25, 0.3) is 0 Å². The molecule has 0 bridgehead atoms. The quantitative estimate of drug-likeness (QED) is 0.464. The van der Waals surface area contributed by atoms with Gasteiger partial charge in [-0.1, -0.05) is 17.7 Å². The number of imidazole rings is 1. The van der Waals surface area contributed by atoms with E-state index in [2.05, 4.69) is 25.5 Å². The molecule has 0 aliphatic heterocycles. The number of methoxy groups -OCH3 is 1. The van der Waals surface area contributed by atoms with Crippen molar-refractivity contribution in [1.82, 2.24) is 20.2 Å². The maximum Gasteiger partial charge on any atom is 0.413 e. The monoisotopic (exact) mass is 397 g/mol. The van der Waals surface area contributed by atoms with Crippen LogP contribution in [0, 0.1) is 0 Å². The second-order valence-corrected chi connectivity index (χ2v) is 6.40. The Bertz CT molecular complexity index is 1140. The Balaban J connectivity index is 1.40. The third-order valence-electron chi connectivity index (χ3n) is 4.12. The number of benzene rings is 2. The van der Waals surface area contributed by atoms with Crippen molar-refractivity contribution in [3.05, 3.63) is 59.4 Å². The summed E-state index contributed by atoms with van der Waals surface area (Å²) < 4.78 is 10.6. The number of fused-ring (bicyclic) bond motifs is 1. The first kappa shape index (κ1) is 17.9. The molecule has 0 fully saturated rings. The van der Waals surface area contributed by atoms with Gasteiger partial charge in [-0.25, -0.2) is 9.78 Å². The SMILES string of the molecule is COc1cc(Cl)ccc1-c1cc(NC(=O)OCc2ccc3nc[nH]c3c2)n[nH]1. The van der Waals surface area contributed by atoms with Crippen LogP contribution in [0.4, 0.5) is 10.6 Å². The fourth-order valence-corrected chi connectivity index (χ4v) is 2.94. The molecule has 0 spiro atoms. The van der Waals surface area contributed by atoms with E-state index in [1.165, 1.54) is 0 Å². The van der Waals surface area contributed by atoms with Crippen molar-refractivity contribution in [3.63, 3.8) is 0 Å². The molecule has 4 rings (SSSR count). The summed E-state index contributed by atoms with van der Waals surface area (Å²) in [6, 6.07) is 12.5. The third kappa shape index (κ3) is 3.77. The van der Waals surface area contributed by atoms with Crippen molar-refractivity contribution in [2.24, 2.45) is 0 Å². The highest BCUT2D eigenvalue weighted by atomic mass is 35.5. The molecule has 4 aromatic rings. The largest absolute Gasteiger partial charge is 0.496 e. The Morgan fingerprint density at radius 3 is 2.96 bits per heavy atom. The summed E-state index contributed by atoms with van der Waals surface area (Å²) in [6.07, 6.45) is 1.01. The summed E-state index contributed by atoms with van der Waals surface area (Å²) in [7, 11) is 1.56. The molecule has 0 atom stereocenters. The van der Waals surface area contributed by atoms with Gasteiger partial charge in [-0.15, -0.1) is 0 Å². The number of halogens is 1. The maximum absolute atomic E-state index is 12.1. The highest BCUT2D eigenvalue weighted by Gasteiger charge is 2.12. The van der Waals surface area contributed by atoms with Gasteiger partial charge in [-0.3, -0.25) is 10.4 Å². The van der Waals surface area contributed by atoms with E-state index < -0.39 is 6.09 Å². The van der Waals surface area contributed by atoms with Gasteiger partial charge in [0.15, 0.2) is 5.82 Å². The van der Waals surface area contributed by atoms with Crippen LogP contribution in [0.1, 0.15) is 5.56 Å². The molecular weight excluding hydrogens is 382 g/mol. The van der Waals surface area contributed by atoms with Crippen LogP contribution in [0.15, 0.2) is 48.8 Å². The van der Waals surface area contributed by atoms with E-state index in [9.17, 15) is 4.79 Å². The first-order chi connectivity index (χ1) is 13.6. The van der Waals surface area contributed by atoms with Gasteiger partial charge in [-0.05, 0) is 35.9 Å². The molecule has 2 aromatic carbocycles. The molecule has 0 aliphatic rings. The zero-order chi connectivity index (χ0) is 19.5. The van der Waals surface area contributed by atoms with Crippen molar-refractivity contribution in [1.29, 1.82) is 0 Å². The zero-order valence-corrected chi connectivity index (χ0v) is 15.6. The van der Waals surface area contributed by atoms with Crippen LogP contribution in [0.2, 0.25) is 5.02 Å². The Kier molecular flexibility index (Phi) is 4.86. The van der Waals surface area contributed by atoms with Gasteiger partial charge in [0, 0.05) is 16.7 Å². The average Bonchev–Trinajstić information content (AvgIpc) is 3.35. The molecule has 3 N–H and O–H groups in total. The number of amides is 1. The summed E-state index contributed by atoms with van der Waals surface area (Å²) in [5, 5.41) is 10.1. The minimum atomic E-state index is -0.606. The lowest BCUT2D eigenvalue weighted by atomic mass is 10.1. The summed E-state index contributed by atoms with van der Waals surface area (Å²) in [5.74, 6) is 0.931. The lowest BCUT2D eigenvalue weighted by molar-refractivity contribution is 0.155. The van der Waals surface area contributed by atoms with Crippen molar-refractivity contribution < 1.29 is 14.3 Å². The molecule has 9 heteroatoms. The number of aromatic amines is 2. The van der Waals surface area contributed by atoms with E-state index in [4.69, 9.17) is 21.1 Å². The average molecular weight is 398 g/mol. The Morgan fingerprint density at radius 1 is 1.21 bits per heavy atom. The van der Waals surface area contributed by atoms with Crippen LogP contribution in [0.25, 0.3) is 22.3 Å². The van der Waals surface area contributed by atoms with Gasteiger partial charge < -0.3 is 14.5 Å². The first-order valence-electron chi connectivity index (χ1n) is 8.37. The molecule has 0 radical (unpaired) electrons. The minimum Gasteiger partial charge on any atom is -0.496 e. The van der Waals surface area contributed by atoms with Gasteiger partial charge in [0.1, 0.15) is 12.4 Å². The predicted octanol–water partition coefficient (Wildman–Crippen LogP) is 4.36. The van der Waals surface area contributed by atoms with Crippen LogP contribution < -0.4 is 10.1 Å². The summed E-state index contributed by atoms with van der Waals surface area (Å²) >= 11 is 5.98. The number of hydrogen-bond donors (Lipinski definition) is 3. The van der Waals surface area contributed by atoms with Crippen LogP contribution >= 0.6 is 11.6 Å². The number of H-pyrrole nitrogens is 2. The number of ether oxygens (including phenoxy) is 2. The van der Waals surface area contributed by atoms with Crippen molar-refractivity contribution in [3.8, 4) is 17.0 Å². The smallest absolute Gasteiger partial charge is 0.413 e. The van der Waals surface area contributed by atoms with E-state index in [1.807, 2.05) is 24.3 Å². The number of carbonyl (C=O) groups is 1. The maximum atomic E-state index is 12.1. The molecule has 2 aromatic heterocycles. The lowest BCUT2D eigenvalue weighted by Crippen LogP contribution is -2.13. The van der Waals surface area contributed by atoms with E-state index in [0.29, 0.717) is 22.3 Å². The Hall–Kier alpha value is -3.52. The van der Waals surface area contributed by atoms with Crippen molar-refractivity contribution in [2.75, 3.05) is 12.4 Å². The summed E-state index contributed by atoms with van der Waals surface area (Å²) in [4.78, 5) is 19.2. The normalized spacial score (nSPS) is 10.8. The number of rotatable bonds is 5. The second kappa shape index (κ2) is 7.61. The zero-order valence-electron chi connectivity index (χ0n) is 14.8. The molecule has 142 valence electrons. The molecule has 0 unspecified atom stereocenters. The Labute approximate surface area is 164 Å². The highest BCUT2D eigenvalue weighted by molar-refractivity contribution is 6.30. The van der Waals surface area contributed by atoms with Crippen LogP contribution in [0.3, 0.4) is 0 Å². The van der Waals surface area contributed by atoms with Crippen molar-refractivity contribution in [2.45, 2.75) is 6.61 Å². The lowest BCUT2D eigenvalue weighted by Gasteiger charge is -2.06. The van der Waals surface area contributed by atoms with E-state index in [0.717, 1.165) is 22.2 Å². The fourth-order valence-electron chi connectivity index (χ4n) is 2.77. The molecule has 2 heterocycles. The minimum absolute atomic E-state index is 0.128. The predicted molar refractivity (Wildman–Crippen MR) is 105 cm³/mol. The summed E-state index contributed by atoms with van der Waals surface area (Å²) in [6.45, 7) is 0.128. The number of aromatic nitrogens is 4. The van der Waals surface area contributed by atoms with E-state index in [1.54, 1.807) is 31.6 Å². The fraction of sp³-hybridized carbons (Fsp3) is 0.105. The van der Waals surface area contributed by atoms with Gasteiger partial charge >= 0.3 is 6.09 Å². The molecule has 0 aliphatic carbocycles. The highest BCUT2D eigenvalue weighted by Crippen LogP contribution is 2.32. The standard InChI is InChI=1S/C19H16ClN5O3/c1-27-17-7-12(20)3-4-13(17)15-8-18(25-24-15)23-19(26)28-9-11-2-5-14-16(6-11)22-10-21-14/h2-8,10H,9H2,1H3,(H,21,22)(H2,23,24,25,26). The third-order valence-corrected chi connectivity index (χ3v) is 4.35.